The van der Waals surface area contributed by atoms with E-state index in [2.05, 4.69) is 40.5 Å². The first-order valence-electron chi connectivity index (χ1n) is 6.52. The monoisotopic (exact) mass is 236 g/mol. The second-order valence-corrected chi connectivity index (χ2v) is 5.74. The summed E-state index contributed by atoms with van der Waals surface area (Å²) in [7, 11) is 0. The van der Waals surface area contributed by atoms with Crippen LogP contribution in [0.15, 0.2) is 18.7 Å². The molecule has 0 aliphatic carbocycles. The van der Waals surface area contributed by atoms with E-state index >= 15 is 0 Å². The summed E-state index contributed by atoms with van der Waals surface area (Å²) in [5.74, 6) is 0. The van der Waals surface area contributed by atoms with E-state index in [9.17, 15) is 0 Å². The van der Waals surface area contributed by atoms with Gasteiger partial charge in [-0.05, 0) is 27.2 Å². The summed E-state index contributed by atoms with van der Waals surface area (Å²) in [5.41, 5.74) is 0.252. The van der Waals surface area contributed by atoms with Crippen molar-refractivity contribution in [3.05, 3.63) is 18.7 Å². The molecule has 1 atom stereocenters. The third-order valence-electron chi connectivity index (χ3n) is 3.52. The Kier molecular flexibility index (Phi) is 3.84. The molecule has 17 heavy (non-hydrogen) atoms. The van der Waals surface area contributed by atoms with Crippen LogP contribution < -0.4 is 5.32 Å². The summed E-state index contributed by atoms with van der Waals surface area (Å²) in [6, 6.07) is 0.644. The standard InChI is InChI=1S/C13H24N4/c1-12-9-15-13(2,3)10-17(12)7-4-6-16-8-5-14-11-16/h5,8,11-12,15H,4,6-7,9-10H2,1-3H3. The van der Waals surface area contributed by atoms with Crippen LogP contribution in [0.1, 0.15) is 27.2 Å². The van der Waals surface area contributed by atoms with Gasteiger partial charge in [0.2, 0.25) is 0 Å². The molecule has 0 amide bonds. The molecule has 1 fully saturated rings. The van der Waals surface area contributed by atoms with Gasteiger partial charge in [0.05, 0.1) is 6.33 Å². The van der Waals surface area contributed by atoms with Gasteiger partial charge in [-0.2, -0.15) is 0 Å². The molecule has 0 aromatic carbocycles. The average molecular weight is 236 g/mol. The lowest BCUT2D eigenvalue weighted by Gasteiger charge is -2.43. The minimum Gasteiger partial charge on any atom is -0.337 e. The average Bonchev–Trinajstić information content (AvgIpc) is 2.76. The van der Waals surface area contributed by atoms with Gasteiger partial charge in [-0.15, -0.1) is 0 Å². The molecular weight excluding hydrogens is 212 g/mol. The molecule has 2 rings (SSSR count). The van der Waals surface area contributed by atoms with E-state index < -0.39 is 0 Å². The van der Waals surface area contributed by atoms with E-state index in [1.807, 2.05) is 18.7 Å². The summed E-state index contributed by atoms with van der Waals surface area (Å²) in [5, 5.41) is 3.59. The van der Waals surface area contributed by atoms with Crippen LogP contribution in [0.5, 0.6) is 0 Å². The van der Waals surface area contributed by atoms with Crippen LogP contribution in [0, 0.1) is 0 Å². The maximum atomic E-state index is 4.06. The molecule has 1 saturated heterocycles. The van der Waals surface area contributed by atoms with Crippen molar-refractivity contribution in [1.82, 2.24) is 19.8 Å². The van der Waals surface area contributed by atoms with E-state index in [1.165, 1.54) is 13.0 Å². The first-order chi connectivity index (χ1) is 8.07. The second kappa shape index (κ2) is 5.19. The number of imidazole rings is 1. The molecule has 1 aliphatic heterocycles. The van der Waals surface area contributed by atoms with Gasteiger partial charge in [0.15, 0.2) is 0 Å². The topological polar surface area (TPSA) is 33.1 Å². The lowest BCUT2D eigenvalue weighted by molar-refractivity contribution is 0.102. The molecule has 4 heteroatoms. The van der Waals surface area contributed by atoms with E-state index in [-0.39, 0.29) is 5.54 Å². The summed E-state index contributed by atoms with van der Waals surface area (Å²) in [6.07, 6.45) is 6.96. The predicted octanol–water partition coefficient (Wildman–Crippen LogP) is 1.35. The molecule has 1 aromatic heterocycles. The zero-order valence-corrected chi connectivity index (χ0v) is 11.2. The molecule has 96 valence electrons. The van der Waals surface area contributed by atoms with Crippen LogP contribution in [-0.4, -0.2) is 45.7 Å². The maximum Gasteiger partial charge on any atom is 0.0945 e. The van der Waals surface area contributed by atoms with Crippen LogP contribution in [0.2, 0.25) is 0 Å². The second-order valence-electron chi connectivity index (χ2n) is 5.74. The predicted molar refractivity (Wildman–Crippen MR) is 70.0 cm³/mol. The zero-order valence-electron chi connectivity index (χ0n) is 11.2. The van der Waals surface area contributed by atoms with Gasteiger partial charge in [-0.1, -0.05) is 0 Å². The van der Waals surface area contributed by atoms with Gasteiger partial charge in [0.1, 0.15) is 0 Å². The number of nitrogens with one attached hydrogen (secondary N) is 1. The van der Waals surface area contributed by atoms with Gasteiger partial charge in [-0.25, -0.2) is 4.98 Å². The Morgan fingerprint density at radius 1 is 1.41 bits per heavy atom. The quantitative estimate of drug-likeness (QED) is 0.856. The molecule has 1 aliphatic rings. The molecule has 2 heterocycles. The fourth-order valence-corrected chi connectivity index (χ4v) is 2.45. The van der Waals surface area contributed by atoms with Crippen molar-refractivity contribution in [2.24, 2.45) is 0 Å². The van der Waals surface area contributed by atoms with Crippen LogP contribution in [0.25, 0.3) is 0 Å². The van der Waals surface area contributed by atoms with Crippen molar-refractivity contribution < 1.29 is 0 Å². The van der Waals surface area contributed by atoms with Crippen LogP contribution in [-0.2, 0) is 6.54 Å². The van der Waals surface area contributed by atoms with Crippen molar-refractivity contribution in [2.45, 2.75) is 45.3 Å². The maximum absolute atomic E-state index is 4.06. The highest BCUT2D eigenvalue weighted by Gasteiger charge is 2.29. The number of piperazine rings is 1. The Morgan fingerprint density at radius 2 is 2.24 bits per heavy atom. The molecule has 4 nitrogen and oxygen atoms in total. The molecule has 0 saturated carbocycles. The first kappa shape index (κ1) is 12.6. The van der Waals surface area contributed by atoms with Gasteiger partial charge in [0.25, 0.3) is 0 Å². The molecule has 1 N–H and O–H groups in total. The van der Waals surface area contributed by atoms with Crippen LogP contribution in [0.4, 0.5) is 0 Å². The number of hydrogen-bond acceptors (Lipinski definition) is 3. The van der Waals surface area contributed by atoms with Gasteiger partial charge >= 0.3 is 0 Å². The third kappa shape index (κ3) is 3.54. The Balaban J connectivity index is 1.77. The SMILES string of the molecule is CC1CNC(C)(C)CN1CCCn1ccnc1. The molecule has 0 spiro atoms. The van der Waals surface area contributed by atoms with Crippen LogP contribution in [0.3, 0.4) is 0 Å². The van der Waals surface area contributed by atoms with Crippen molar-refractivity contribution in [1.29, 1.82) is 0 Å². The van der Waals surface area contributed by atoms with Crippen LogP contribution >= 0.6 is 0 Å². The number of nitrogens with zero attached hydrogens (tertiary/aromatic N) is 3. The Labute approximate surface area is 104 Å². The lowest BCUT2D eigenvalue weighted by atomic mass is 9.99. The Morgan fingerprint density at radius 3 is 2.94 bits per heavy atom. The number of hydrogen-bond donors (Lipinski definition) is 1. The molecule has 0 radical (unpaired) electrons. The largest absolute Gasteiger partial charge is 0.337 e. The molecule has 1 unspecified atom stereocenters. The van der Waals surface area contributed by atoms with Crippen molar-refractivity contribution in [3.8, 4) is 0 Å². The van der Waals surface area contributed by atoms with Gasteiger partial charge in [0, 0.05) is 50.2 Å². The first-order valence-corrected chi connectivity index (χ1v) is 6.52. The Hall–Kier alpha value is -0.870. The summed E-state index contributed by atoms with van der Waals surface area (Å²) < 4.78 is 2.15. The fraction of sp³-hybridized carbons (Fsp3) is 0.769. The normalized spacial score (nSPS) is 25.0. The summed E-state index contributed by atoms with van der Waals surface area (Å²) in [4.78, 5) is 6.66. The highest BCUT2D eigenvalue weighted by atomic mass is 15.2. The number of aryl methyl sites for hydroxylation is 1. The molecule has 1 aromatic rings. The van der Waals surface area contributed by atoms with E-state index in [1.54, 1.807) is 0 Å². The molecule has 0 bridgehead atoms. The third-order valence-corrected chi connectivity index (χ3v) is 3.52. The zero-order chi connectivity index (χ0) is 12.3. The highest BCUT2D eigenvalue weighted by molar-refractivity contribution is 4.90. The fourth-order valence-electron chi connectivity index (χ4n) is 2.45. The van der Waals surface area contributed by atoms with Crippen molar-refractivity contribution in [3.63, 3.8) is 0 Å². The highest BCUT2D eigenvalue weighted by Crippen LogP contribution is 2.15. The minimum atomic E-state index is 0.252. The Bertz CT molecular complexity index is 331. The van der Waals surface area contributed by atoms with E-state index in [0.29, 0.717) is 6.04 Å². The smallest absolute Gasteiger partial charge is 0.0945 e. The number of aromatic nitrogens is 2. The summed E-state index contributed by atoms with van der Waals surface area (Å²) >= 11 is 0. The van der Waals surface area contributed by atoms with Gasteiger partial charge in [-0.3, -0.25) is 4.90 Å². The van der Waals surface area contributed by atoms with Gasteiger partial charge < -0.3 is 9.88 Å². The van der Waals surface area contributed by atoms with E-state index in [4.69, 9.17) is 0 Å². The van der Waals surface area contributed by atoms with E-state index in [0.717, 1.165) is 19.6 Å². The number of rotatable bonds is 4. The molecular formula is C13H24N4. The summed E-state index contributed by atoms with van der Waals surface area (Å²) in [6.45, 7) is 11.3. The minimum absolute atomic E-state index is 0.252. The van der Waals surface area contributed by atoms with Crippen molar-refractivity contribution >= 4 is 0 Å². The lowest BCUT2D eigenvalue weighted by Crippen LogP contribution is -2.60. The van der Waals surface area contributed by atoms with Crippen molar-refractivity contribution in [2.75, 3.05) is 19.6 Å².